The first-order valence-electron chi connectivity index (χ1n) is 5.33. The molecule has 0 N–H and O–H groups in total. The van der Waals surface area contributed by atoms with Crippen LogP contribution in [0.25, 0.3) is 0 Å². The van der Waals surface area contributed by atoms with Crippen molar-refractivity contribution in [2.45, 2.75) is 13.0 Å². The van der Waals surface area contributed by atoms with Crippen LogP contribution in [-0.2, 0) is 9.53 Å². The SMILES string of the molecule is CCOC(=O)[C@H]1CN1c1ccc(OC)cc1. The van der Waals surface area contributed by atoms with Crippen LogP contribution in [0.1, 0.15) is 6.92 Å². The summed E-state index contributed by atoms with van der Waals surface area (Å²) in [6.45, 7) is 2.99. The van der Waals surface area contributed by atoms with Gasteiger partial charge in [0.05, 0.1) is 20.3 Å². The number of hydrogen-bond donors (Lipinski definition) is 0. The Bertz CT molecular complexity index is 374. The van der Waals surface area contributed by atoms with Gasteiger partial charge in [-0.15, -0.1) is 0 Å². The van der Waals surface area contributed by atoms with Gasteiger partial charge in [0.2, 0.25) is 0 Å². The first-order chi connectivity index (χ1) is 7.76. The zero-order chi connectivity index (χ0) is 11.5. The van der Waals surface area contributed by atoms with E-state index in [9.17, 15) is 4.79 Å². The summed E-state index contributed by atoms with van der Waals surface area (Å²) in [7, 11) is 1.63. The Morgan fingerprint density at radius 1 is 1.44 bits per heavy atom. The molecule has 16 heavy (non-hydrogen) atoms. The summed E-state index contributed by atoms with van der Waals surface area (Å²) >= 11 is 0. The van der Waals surface area contributed by atoms with E-state index in [1.54, 1.807) is 7.11 Å². The highest BCUT2D eigenvalue weighted by atomic mass is 16.5. The smallest absolute Gasteiger partial charge is 0.330 e. The van der Waals surface area contributed by atoms with Gasteiger partial charge < -0.3 is 14.4 Å². The standard InChI is InChI=1S/C12H15NO3/c1-3-16-12(14)11-8-13(11)9-4-6-10(15-2)7-5-9/h4-7,11H,3,8H2,1-2H3/t11-,13?/m1/s1. The molecule has 1 atom stereocenters. The van der Waals surface area contributed by atoms with Crippen molar-refractivity contribution in [3.63, 3.8) is 0 Å². The number of nitrogens with zero attached hydrogens (tertiary/aromatic N) is 1. The maximum absolute atomic E-state index is 11.4. The number of benzene rings is 1. The average Bonchev–Trinajstić information content (AvgIpc) is 3.09. The van der Waals surface area contributed by atoms with Gasteiger partial charge in [-0.25, -0.2) is 4.79 Å². The largest absolute Gasteiger partial charge is 0.497 e. The monoisotopic (exact) mass is 221 g/mol. The van der Waals surface area contributed by atoms with Crippen molar-refractivity contribution in [1.29, 1.82) is 0 Å². The van der Waals surface area contributed by atoms with Crippen molar-refractivity contribution in [3.05, 3.63) is 24.3 Å². The molecule has 1 aliphatic heterocycles. The molecule has 86 valence electrons. The van der Waals surface area contributed by atoms with Crippen LogP contribution in [0.5, 0.6) is 5.75 Å². The van der Waals surface area contributed by atoms with Crippen LogP contribution in [0.4, 0.5) is 5.69 Å². The molecule has 0 aromatic heterocycles. The Morgan fingerprint density at radius 3 is 2.69 bits per heavy atom. The van der Waals surface area contributed by atoms with Gasteiger partial charge in [0.15, 0.2) is 0 Å². The van der Waals surface area contributed by atoms with E-state index < -0.39 is 0 Å². The van der Waals surface area contributed by atoms with Crippen LogP contribution in [-0.4, -0.2) is 32.3 Å². The quantitative estimate of drug-likeness (QED) is 0.569. The Hall–Kier alpha value is -1.71. The first-order valence-corrected chi connectivity index (χ1v) is 5.33. The normalized spacial score (nSPS) is 18.1. The van der Waals surface area contributed by atoms with Crippen molar-refractivity contribution in [2.75, 3.05) is 25.2 Å². The number of esters is 1. The molecule has 4 heteroatoms. The number of hydrogen-bond acceptors (Lipinski definition) is 4. The van der Waals surface area contributed by atoms with Crippen molar-refractivity contribution < 1.29 is 14.3 Å². The van der Waals surface area contributed by atoms with Crippen LogP contribution >= 0.6 is 0 Å². The van der Waals surface area contributed by atoms with E-state index in [0.717, 1.165) is 18.0 Å². The number of anilines is 1. The number of rotatable bonds is 4. The van der Waals surface area contributed by atoms with Gasteiger partial charge >= 0.3 is 5.97 Å². The van der Waals surface area contributed by atoms with Crippen molar-refractivity contribution in [3.8, 4) is 5.75 Å². The molecule has 4 nitrogen and oxygen atoms in total. The number of methoxy groups -OCH3 is 1. The molecule has 1 heterocycles. The number of ether oxygens (including phenoxy) is 2. The van der Waals surface area contributed by atoms with E-state index in [4.69, 9.17) is 9.47 Å². The van der Waals surface area contributed by atoms with Crippen LogP contribution in [0.2, 0.25) is 0 Å². The maximum atomic E-state index is 11.4. The van der Waals surface area contributed by atoms with Crippen LogP contribution in [0.3, 0.4) is 0 Å². The fraction of sp³-hybridized carbons (Fsp3) is 0.417. The first kappa shape index (κ1) is 10.8. The number of carbonyl (C=O) groups excluding carboxylic acids is 1. The molecule has 0 spiro atoms. The van der Waals surface area contributed by atoms with Crippen LogP contribution < -0.4 is 9.64 Å². The van der Waals surface area contributed by atoms with Crippen molar-refractivity contribution >= 4 is 11.7 Å². The Balaban J connectivity index is 1.97. The second-order valence-corrected chi connectivity index (χ2v) is 3.62. The summed E-state index contributed by atoms with van der Waals surface area (Å²) in [5.41, 5.74) is 1.03. The molecule has 1 fully saturated rings. The lowest BCUT2D eigenvalue weighted by Gasteiger charge is -2.06. The third kappa shape index (κ3) is 2.10. The summed E-state index contributed by atoms with van der Waals surface area (Å²) in [5.74, 6) is 0.677. The van der Waals surface area contributed by atoms with Crippen molar-refractivity contribution in [1.82, 2.24) is 0 Å². The fourth-order valence-corrected chi connectivity index (χ4v) is 1.64. The Labute approximate surface area is 94.8 Å². The molecule has 0 amide bonds. The summed E-state index contributed by atoms with van der Waals surface area (Å²) < 4.78 is 10.0. The van der Waals surface area contributed by atoms with E-state index in [2.05, 4.69) is 0 Å². The van der Waals surface area contributed by atoms with E-state index in [1.165, 1.54) is 0 Å². The van der Waals surface area contributed by atoms with Gasteiger partial charge in [-0.05, 0) is 31.2 Å². The lowest BCUT2D eigenvalue weighted by atomic mass is 10.3. The molecule has 1 aromatic carbocycles. The predicted molar refractivity (Wildman–Crippen MR) is 60.8 cm³/mol. The summed E-state index contributed by atoms with van der Waals surface area (Å²) in [6.07, 6.45) is 0. The Kier molecular flexibility index (Phi) is 2.99. The van der Waals surface area contributed by atoms with E-state index >= 15 is 0 Å². The average molecular weight is 221 g/mol. The lowest BCUT2D eigenvalue weighted by Crippen LogP contribution is -2.15. The minimum atomic E-state index is -0.140. The third-order valence-electron chi connectivity index (χ3n) is 2.58. The summed E-state index contributed by atoms with van der Waals surface area (Å²) in [5, 5.41) is 0. The molecule has 1 aliphatic rings. The Morgan fingerprint density at radius 2 is 2.12 bits per heavy atom. The summed E-state index contributed by atoms with van der Waals surface area (Å²) in [4.78, 5) is 13.4. The molecule has 0 unspecified atom stereocenters. The minimum Gasteiger partial charge on any atom is -0.497 e. The van der Waals surface area contributed by atoms with E-state index in [-0.39, 0.29) is 12.0 Å². The third-order valence-corrected chi connectivity index (χ3v) is 2.58. The van der Waals surface area contributed by atoms with Gasteiger partial charge in [-0.3, -0.25) is 0 Å². The maximum Gasteiger partial charge on any atom is 0.330 e. The van der Waals surface area contributed by atoms with Gasteiger partial charge in [0.25, 0.3) is 0 Å². The highest BCUT2D eigenvalue weighted by Crippen LogP contribution is 2.29. The molecule has 0 aliphatic carbocycles. The molecule has 2 rings (SSSR count). The van der Waals surface area contributed by atoms with Gasteiger partial charge in [0.1, 0.15) is 11.8 Å². The minimum absolute atomic E-state index is 0.103. The van der Waals surface area contributed by atoms with Crippen molar-refractivity contribution in [2.24, 2.45) is 0 Å². The molecular weight excluding hydrogens is 206 g/mol. The molecule has 0 radical (unpaired) electrons. The molecule has 0 bridgehead atoms. The highest BCUT2D eigenvalue weighted by Gasteiger charge is 2.41. The zero-order valence-corrected chi connectivity index (χ0v) is 9.47. The second kappa shape index (κ2) is 4.43. The van der Waals surface area contributed by atoms with Gasteiger partial charge in [0, 0.05) is 5.69 Å². The van der Waals surface area contributed by atoms with Gasteiger partial charge in [-0.1, -0.05) is 0 Å². The van der Waals surface area contributed by atoms with Gasteiger partial charge in [-0.2, -0.15) is 0 Å². The molecule has 1 saturated heterocycles. The predicted octanol–water partition coefficient (Wildman–Crippen LogP) is 1.45. The summed E-state index contributed by atoms with van der Waals surface area (Å²) in [6, 6.07) is 7.55. The van der Waals surface area contributed by atoms with E-state index in [0.29, 0.717) is 6.61 Å². The lowest BCUT2D eigenvalue weighted by molar-refractivity contribution is -0.142. The number of carbonyl (C=O) groups is 1. The van der Waals surface area contributed by atoms with Crippen LogP contribution in [0, 0.1) is 0 Å². The zero-order valence-electron chi connectivity index (χ0n) is 9.47. The van der Waals surface area contributed by atoms with E-state index in [1.807, 2.05) is 36.1 Å². The molecular formula is C12H15NO3. The second-order valence-electron chi connectivity index (χ2n) is 3.62. The molecule has 0 saturated carbocycles. The molecule has 1 aromatic rings. The van der Waals surface area contributed by atoms with Crippen LogP contribution in [0.15, 0.2) is 24.3 Å². The highest BCUT2D eigenvalue weighted by molar-refractivity contribution is 5.86. The fourth-order valence-electron chi connectivity index (χ4n) is 1.64. The topological polar surface area (TPSA) is 38.5 Å².